The summed E-state index contributed by atoms with van der Waals surface area (Å²) in [7, 11) is 0. The molecule has 0 fully saturated rings. The third kappa shape index (κ3) is 6.68. The maximum absolute atomic E-state index is 12.1. The molecule has 8 heteroatoms. The van der Waals surface area contributed by atoms with Crippen LogP contribution in [0.25, 0.3) is 0 Å². The number of ether oxygens (including phenoxy) is 2. The molecule has 1 aromatic rings. The van der Waals surface area contributed by atoms with Crippen LogP contribution in [0.5, 0.6) is 5.75 Å². The Morgan fingerprint density at radius 3 is 2.25 bits per heavy atom. The number of aromatic hydroxyl groups is 1. The molecule has 0 spiro atoms. The molecule has 134 valence electrons. The van der Waals surface area contributed by atoms with Crippen molar-refractivity contribution in [3.63, 3.8) is 0 Å². The molecule has 1 rings (SSSR count). The Kier molecular flexibility index (Phi) is 7.54. The topological polar surface area (TPSA) is 84.9 Å². The first-order valence-corrected chi connectivity index (χ1v) is 8.95. The molecule has 0 bridgehead atoms. The van der Waals surface area contributed by atoms with E-state index in [4.69, 9.17) is 9.47 Å². The van der Waals surface area contributed by atoms with Gasteiger partial charge in [-0.1, -0.05) is 0 Å². The Morgan fingerprint density at radius 1 is 1.25 bits per heavy atom. The van der Waals surface area contributed by atoms with E-state index in [1.165, 1.54) is 0 Å². The SMILES string of the molecule is CCOC(=O)C(CC(=O)OC(C)(C)C)Nc1cc(Br)c(O)c(Br)c1. The van der Waals surface area contributed by atoms with Crippen molar-refractivity contribution in [3.05, 3.63) is 21.1 Å². The number of phenols is 1. The summed E-state index contributed by atoms with van der Waals surface area (Å²) >= 11 is 6.43. The highest BCUT2D eigenvalue weighted by atomic mass is 79.9. The molecule has 1 unspecified atom stereocenters. The zero-order valence-corrected chi connectivity index (χ0v) is 17.2. The van der Waals surface area contributed by atoms with E-state index in [9.17, 15) is 14.7 Å². The number of carbonyl (C=O) groups excluding carboxylic acids is 2. The summed E-state index contributed by atoms with van der Waals surface area (Å²) in [5, 5.41) is 12.7. The van der Waals surface area contributed by atoms with Gasteiger partial charge in [0, 0.05) is 5.69 Å². The van der Waals surface area contributed by atoms with Gasteiger partial charge in [-0.05, 0) is 71.7 Å². The standard InChI is InChI=1S/C16H21Br2NO5/c1-5-23-15(22)12(8-13(20)24-16(2,3)4)19-9-6-10(17)14(21)11(18)7-9/h6-7,12,19,21H,5,8H2,1-4H3. The van der Waals surface area contributed by atoms with Crippen LogP contribution < -0.4 is 5.32 Å². The van der Waals surface area contributed by atoms with Crippen LogP contribution in [0, 0.1) is 0 Å². The average molecular weight is 467 g/mol. The number of anilines is 1. The van der Waals surface area contributed by atoms with E-state index in [0.29, 0.717) is 14.6 Å². The van der Waals surface area contributed by atoms with Gasteiger partial charge in [-0.15, -0.1) is 0 Å². The molecule has 0 heterocycles. The van der Waals surface area contributed by atoms with Gasteiger partial charge in [0.25, 0.3) is 0 Å². The van der Waals surface area contributed by atoms with Crippen molar-refractivity contribution in [1.82, 2.24) is 0 Å². The number of rotatable bonds is 6. The molecule has 0 aliphatic rings. The summed E-state index contributed by atoms with van der Waals surface area (Å²) in [5.74, 6) is -1.02. The smallest absolute Gasteiger partial charge is 0.329 e. The lowest BCUT2D eigenvalue weighted by molar-refractivity contribution is -0.158. The van der Waals surface area contributed by atoms with Gasteiger partial charge in [0.15, 0.2) is 0 Å². The molecule has 0 aliphatic heterocycles. The molecule has 0 aliphatic carbocycles. The summed E-state index contributed by atoms with van der Waals surface area (Å²) < 4.78 is 11.2. The summed E-state index contributed by atoms with van der Waals surface area (Å²) in [6.07, 6.45) is -0.174. The van der Waals surface area contributed by atoms with Crippen LogP contribution in [0.4, 0.5) is 5.69 Å². The first kappa shape index (κ1) is 20.8. The predicted molar refractivity (Wildman–Crippen MR) is 98.0 cm³/mol. The molecule has 0 aromatic heterocycles. The second-order valence-electron chi connectivity index (χ2n) is 6.03. The molecule has 2 N–H and O–H groups in total. The zero-order chi connectivity index (χ0) is 18.5. The van der Waals surface area contributed by atoms with E-state index in [1.807, 2.05) is 0 Å². The molecule has 0 radical (unpaired) electrons. The Bertz CT molecular complexity index is 590. The molecule has 0 amide bonds. The molecule has 1 aromatic carbocycles. The number of nitrogens with one attached hydrogen (secondary N) is 1. The van der Waals surface area contributed by atoms with E-state index < -0.39 is 23.6 Å². The second-order valence-corrected chi connectivity index (χ2v) is 7.74. The number of hydrogen-bond donors (Lipinski definition) is 2. The van der Waals surface area contributed by atoms with Gasteiger partial charge < -0.3 is 19.9 Å². The van der Waals surface area contributed by atoms with E-state index in [0.717, 1.165) is 0 Å². The molecular formula is C16H21Br2NO5. The van der Waals surface area contributed by atoms with E-state index >= 15 is 0 Å². The minimum absolute atomic E-state index is 0.0420. The van der Waals surface area contributed by atoms with Crippen LogP contribution in [0.2, 0.25) is 0 Å². The highest BCUT2D eigenvalue weighted by Gasteiger charge is 2.27. The van der Waals surface area contributed by atoms with Crippen LogP contribution >= 0.6 is 31.9 Å². The van der Waals surface area contributed by atoms with Gasteiger partial charge in [-0.25, -0.2) is 4.79 Å². The molecular weight excluding hydrogens is 446 g/mol. The van der Waals surface area contributed by atoms with Gasteiger partial charge in [0.05, 0.1) is 22.0 Å². The lowest BCUT2D eigenvalue weighted by Gasteiger charge is -2.23. The highest BCUT2D eigenvalue weighted by Crippen LogP contribution is 2.35. The monoisotopic (exact) mass is 465 g/mol. The molecule has 1 atom stereocenters. The largest absolute Gasteiger partial charge is 0.506 e. The second kappa shape index (κ2) is 8.71. The van der Waals surface area contributed by atoms with Crippen molar-refractivity contribution >= 4 is 49.5 Å². The minimum Gasteiger partial charge on any atom is -0.506 e. The lowest BCUT2D eigenvalue weighted by atomic mass is 10.1. The highest BCUT2D eigenvalue weighted by molar-refractivity contribution is 9.11. The van der Waals surface area contributed by atoms with E-state index in [1.54, 1.807) is 39.8 Å². The fourth-order valence-electron chi connectivity index (χ4n) is 1.84. The number of carbonyl (C=O) groups is 2. The first-order chi connectivity index (χ1) is 11.0. The van der Waals surface area contributed by atoms with Crippen LogP contribution in [0.3, 0.4) is 0 Å². The normalized spacial score (nSPS) is 12.4. The Morgan fingerprint density at radius 2 is 1.79 bits per heavy atom. The van der Waals surface area contributed by atoms with Gasteiger partial charge in [-0.2, -0.15) is 0 Å². The predicted octanol–water partition coefficient (Wildman–Crippen LogP) is 3.99. The Hall–Kier alpha value is -1.28. The van der Waals surface area contributed by atoms with Crippen LogP contribution in [-0.2, 0) is 19.1 Å². The van der Waals surface area contributed by atoms with Crippen LogP contribution in [-0.4, -0.2) is 35.3 Å². The zero-order valence-electron chi connectivity index (χ0n) is 14.0. The van der Waals surface area contributed by atoms with Crippen LogP contribution in [0.15, 0.2) is 21.1 Å². The number of halogens is 2. The third-order valence-electron chi connectivity index (χ3n) is 2.72. The van der Waals surface area contributed by atoms with Crippen LogP contribution in [0.1, 0.15) is 34.1 Å². The maximum Gasteiger partial charge on any atom is 0.329 e. The Labute approximate surface area is 158 Å². The number of phenolic OH excluding ortho intramolecular Hbond substituents is 1. The fourth-order valence-corrected chi connectivity index (χ4v) is 3.02. The lowest BCUT2D eigenvalue weighted by Crippen LogP contribution is -2.36. The number of benzene rings is 1. The summed E-state index contributed by atoms with van der Waals surface area (Å²) in [4.78, 5) is 24.1. The van der Waals surface area contributed by atoms with Crippen molar-refractivity contribution in [3.8, 4) is 5.75 Å². The fraction of sp³-hybridized carbons (Fsp3) is 0.500. The quantitative estimate of drug-likeness (QED) is 0.487. The third-order valence-corrected chi connectivity index (χ3v) is 3.93. The number of esters is 2. The average Bonchev–Trinajstić information content (AvgIpc) is 2.42. The maximum atomic E-state index is 12.1. The first-order valence-electron chi connectivity index (χ1n) is 7.36. The number of hydrogen-bond acceptors (Lipinski definition) is 6. The van der Waals surface area contributed by atoms with Gasteiger partial charge in [0.1, 0.15) is 17.4 Å². The van der Waals surface area contributed by atoms with Crippen molar-refractivity contribution in [2.24, 2.45) is 0 Å². The molecule has 24 heavy (non-hydrogen) atoms. The van der Waals surface area contributed by atoms with Crippen molar-refractivity contribution < 1.29 is 24.2 Å². The minimum atomic E-state index is -0.900. The van der Waals surface area contributed by atoms with Gasteiger partial charge in [0.2, 0.25) is 0 Å². The molecule has 0 saturated heterocycles. The van der Waals surface area contributed by atoms with Crippen molar-refractivity contribution in [2.75, 3.05) is 11.9 Å². The molecule has 6 nitrogen and oxygen atoms in total. The van der Waals surface area contributed by atoms with E-state index in [2.05, 4.69) is 37.2 Å². The Balaban J connectivity index is 2.94. The van der Waals surface area contributed by atoms with E-state index in [-0.39, 0.29) is 18.8 Å². The van der Waals surface area contributed by atoms with Gasteiger partial charge >= 0.3 is 11.9 Å². The molecule has 0 saturated carbocycles. The summed E-state index contributed by atoms with van der Waals surface area (Å²) in [6, 6.07) is 2.30. The summed E-state index contributed by atoms with van der Waals surface area (Å²) in [6.45, 7) is 7.16. The summed E-state index contributed by atoms with van der Waals surface area (Å²) in [5.41, 5.74) is -0.103. The van der Waals surface area contributed by atoms with Gasteiger partial charge in [-0.3, -0.25) is 4.79 Å². The van der Waals surface area contributed by atoms with Crippen molar-refractivity contribution in [1.29, 1.82) is 0 Å². The van der Waals surface area contributed by atoms with Crippen molar-refractivity contribution in [2.45, 2.75) is 45.8 Å².